The molecule has 1 heterocycles. The van der Waals surface area contributed by atoms with Crippen LogP contribution < -0.4 is 0 Å². The normalized spacial score (nSPS) is 28.9. The third kappa shape index (κ3) is 1.49. The fraction of sp³-hybridized carbons (Fsp3) is 0.778. The molecule has 0 radical (unpaired) electrons. The van der Waals surface area contributed by atoms with Gasteiger partial charge in [0.1, 0.15) is 6.04 Å². The van der Waals surface area contributed by atoms with Crippen LogP contribution >= 0.6 is 11.8 Å². The van der Waals surface area contributed by atoms with Crippen molar-refractivity contribution in [1.82, 2.24) is 4.90 Å². The molecule has 1 aliphatic carbocycles. The lowest BCUT2D eigenvalue weighted by Crippen LogP contribution is -2.44. The lowest BCUT2D eigenvalue weighted by Gasteiger charge is -2.23. The van der Waals surface area contributed by atoms with Gasteiger partial charge in [-0.05, 0) is 12.8 Å². The molecule has 0 aromatic carbocycles. The van der Waals surface area contributed by atoms with Gasteiger partial charge in [0.2, 0.25) is 5.91 Å². The second-order valence-corrected chi connectivity index (χ2v) is 5.19. The van der Waals surface area contributed by atoms with E-state index in [1.165, 1.54) is 16.7 Å². The summed E-state index contributed by atoms with van der Waals surface area (Å²) in [7, 11) is 0. The van der Waals surface area contributed by atoms with Gasteiger partial charge in [-0.2, -0.15) is 0 Å². The zero-order valence-corrected chi connectivity index (χ0v) is 8.84. The SMILES string of the molecule is CC1(C(=O)N2CSCC2C(=O)O)CC1. The Morgan fingerprint density at radius 3 is 2.64 bits per heavy atom. The second-order valence-electron chi connectivity index (χ2n) is 4.19. The number of amides is 1. The van der Waals surface area contributed by atoms with Crippen LogP contribution in [0.4, 0.5) is 0 Å². The largest absolute Gasteiger partial charge is 0.480 e. The Hall–Kier alpha value is -0.710. The van der Waals surface area contributed by atoms with Gasteiger partial charge in [0.25, 0.3) is 0 Å². The summed E-state index contributed by atoms with van der Waals surface area (Å²) in [5.41, 5.74) is -0.251. The van der Waals surface area contributed by atoms with Crippen molar-refractivity contribution in [3.8, 4) is 0 Å². The summed E-state index contributed by atoms with van der Waals surface area (Å²) in [5, 5.41) is 8.91. The molecule has 1 aliphatic heterocycles. The Bertz CT molecular complexity index is 288. The molecule has 1 unspecified atom stereocenters. The van der Waals surface area contributed by atoms with E-state index in [2.05, 4.69) is 0 Å². The van der Waals surface area contributed by atoms with Crippen LogP contribution in [0.5, 0.6) is 0 Å². The summed E-state index contributed by atoms with van der Waals surface area (Å²) in [4.78, 5) is 24.3. The molecule has 5 heteroatoms. The molecule has 2 fully saturated rings. The van der Waals surface area contributed by atoms with Gasteiger partial charge >= 0.3 is 5.97 Å². The van der Waals surface area contributed by atoms with E-state index in [0.717, 1.165) is 12.8 Å². The van der Waals surface area contributed by atoms with E-state index in [1.54, 1.807) is 0 Å². The van der Waals surface area contributed by atoms with Gasteiger partial charge in [-0.25, -0.2) is 4.79 Å². The minimum absolute atomic E-state index is 0.0231. The van der Waals surface area contributed by atoms with Gasteiger partial charge in [-0.3, -0.25) is 4.79 Å². The van der Waals surface area contributed by atoms with Crippen LogP contribution in [0.3, 0.4) is 0 Å². The number of thioether (sulfide) groups is 1. The van der Waals surface area contributed by atoms with Gasteiger partial charge in [0.05, 0.1) is 5.88 Å². The predicted octanol–water partition coefficient (Wildman–Crippen LogP) is 0.773. The minimum Gasteiger partial charge on any atom is -0.480 e. The highest BCUT2D eigenvalue weighted by atomic mass is 32.2. The average Bonchev–Trinajstić information content (AvgIpc) is 2.69. The summed E-state index contributed by atoms with van der Waals surface area (Å²) in [6.07, 6.45) is 1.80. The first-order valence-electron chi connectivity index (χ1n) is 4.66. The van der Waals surface area contributed by atoms with E-state index in [4.69, 9.17) is 5.11 Å². The molecule has 0 aromatic rings. The first kappa shape index (κ1) is 9.83. The number of aliphatic carboxylic acids is 1. The highest BCUT2D eigenvalue weighted by Crippen LogP contribution is 2.47. The first-order chi connectivity index (χ1) is 6.54. The van der Waals surface area contributed by atoms with Crippen molar-refractivity contribution >= 4 is 23.6 Å². The molecular weight excluding hydrogens is 202 g/mol. The Morgan fingerprint density at radius 1 is 1.50 bits per heavy atom. The van der Waals surface area contributed by atoms with Crippen molar-refractivity contribution in [3.63, 3.8) is 0 Å². The highest BCUT2D eigenvalue weighted by molar-refractivity contribution is 7.99. The van der Waals surface area contributed by atoms with Crippen molar-refractivity contribution in [2.24, 2.45) is 5.41 Å². The van der Waals surface area contributed by atoms with Gasteiger partial charge in [-0.15, -0.1) is 11.8 Å². The molecule has 78 valence electrons. The van der Waals surface area contributed by atoms with Gasteiger partial charge in [-0.1, -0.05) is 6.92 Å². The number of carboxylic acid groups (broad SMARTS) is 1. The highest BCUT2D eigenvalue weighted by Gasteiger charge is 2.50. The molecule has 0 bridgehead atoms. The van der Waals surface area contributed by atoms with Crippen LogP contribution in [0, 0.1) is 5.41 Å². The summed E-state index contributed by atoms with van der Waals surface area (Å²) >= 11 is 1.52. The molecular formula is C9H13NO3S. The maximum absolute atomic E-state index is 11.9. The van der Waals surface area contributed by atoms with Crippen molar-refractivity contribution in [2.45, 2.75) is 25.8 Å². The monoisotopic (exact) mass is 215 g/mol. The van der Waals surface area contributed by atoms with Gasteiger partial charge in [0.15, 0.2) is 0 Å². The fourth-order valence-electron chi connectivity index (χ4n) is 1.60. The molecule has 1 saturated carbocycles. The third-order valence-electron chi connectivity index (χ3n) is 2.94. The van der Waals surface area contributed by atoms with Crippen LogP contribution in [-0.4, -0.2) is 39.6 Å². The van der Waals surface area contributed by atoms with Crippen LogP contribution in [0.2, 0.25) is 0 Å². The maximum atomic E-state index is 11.9. The summed E-state index contributed by atoms with van der Waals surface area (Å²) in [6, 6.07) is -0.607. The number of nitrogens with zero attached hydrogens (tertiary/aromatic N) is 1. The maximum Gasteiger partial charge on any atom is 0.327 e. The molecule has 4 nitrogen and oxygen atoms in total. The lowest BCUT2D eigenvalue weighted by molar-refractivity contribution is -0.149. The smallest absolute Gasteiger partial charge is 0.327 e. The van der Waals surface area contributed by atoms with Gasteiger partial charge in [0, 0.05) is 11.2 Å². The molecule has 14 heavy (non-hydrogen) atoms. The average molecular weight is 215 g/mol. The first-order valence-corrected chi connectivity index (χ1v) is 5.82. The summed E-state index contributed by atoms with van der Waals surface area (Å²) < 4.78 is 0. The minimum atomic E-state index is -0.882. The molecule has 0 aromatic heterocycles. The number of carboxylic acids is 1. The van der Waals surface area contributed by atoms with Crippen molar-refractivity contribution in [2.75, 3.05) is 11.6 Å². The van der Waals surface area contributed by atoms with Gasteiger partial charge < -0.3 is 10.0 Å². The standard InChI is InChI=1S/C9H13NO3S/c1-9(2-3-9)8(13)10-5-14-4-6(10)7(11)12/h6H,2-5H2,1H3,(H,11,12). The van der Waals surface area contributed by atoms with Crippen molar-refractivity contribution in [1.29, 1.82) is 0 Å². The number of carbonyl (C=O) groups excluding carboxylic acids is 1. The van der Waals surface area contributed by atoms with E-state index in [1.807, 2.05) is 6.92 Å². The fourth-order valence-corrected chi connectivity index (χ4v) is 2.74. The zero-order chi connectivity index (χ0) is 10.3. The number of hydrogen-bond donors (Lipinski definition) is 1. The Kier molecular flexibility index (Phi) is 2.21. The molecule has 1 N–H and O–H groups in total. The Morgan fingerprint density at radius 2 is 2.14 bits per heavy atom. The van der Waals surface area contributed by atoms with Crippen molar-refractivity contribution < 1.29 is 14.7 Å². The molecule has 1 saturated heterocycles. The van der Waals surface area contributed by atoms with Crippen molar-refractivity contribution in [3.05, 3.63) is 0 Å². The Balaban J connectivity index is 2.09. The van der Waals surface area contributed by atoms with Crippen LogP contribution in [0.1, 0.15) is 19.8 Å². The quantitative estimate of drug-likeness (QED) is 0.739. The molecule has 2 aliphatic rings. The Labute approximate surface area is 86.6 Å². The third-order valence-corrected chi connectivity index (χ3v) is 3.96. The predicted molar refractivity (Wildman–Crippen MR) is 52.9 cm³/mol. The number of carbonyl (C=O) groups is 2. The van der Waals surface area contributed by atoms with E-state index >= 15 is 0 Å². The van der Waals surface area contributed by atoms with Crippen LogP contribution in [-0.2, 0) is 9.59 Å². The zero-order valence-electron chi connectivity index (χ0n) is 8.02. The molecule has 0 spiro atoms. The number of hydrogen-bond acceptors (Lipinski definition) is 3. The van der Waals surface area contributed by atoms with E-state index in [9.17, 15) is 9.59 Å². The molecule has 1 amide bonds. The van der Waals surface area contributed by atoms with E-state index < -0.39 is 12.0 Å². The van der Waals surface area contributed by atoms with E-state index in [-0.39, 0.29) is 11.3 Å². The second kappa shape index (κ2) is 3.15. The van der Waals surface area contributed by atoms with Crippen LogP contribution in [0.15, 0.2) is 0 Å². The summed E-state index contributed by atoms with van der Waals surface area (Å²) in [6.45, 7) is 1.91. The van der Waals surface area contributed by atoms with Crippen LogP contribution in [0.25, 0.3) is 0 Å². The topological polar surface area (TPSA) is 57.6 Å². The summed E-state index contributed by atoms with van der Waals surface area (Å²) in [5.74, 6) is 0.199. The van der Waals surface area contributed by atoms with E-state index in [0.29, 0.717) is 11.6 Å². The molecule has 1 atom stereocenters. The lowest BCUT2D eigenvalue weighted by atomic mass is 10.1. The molecule has 2 rings (SSSR count). The number of rotatable bonds is 2.